The molecule has 19 heteroatoms. The van der Waals surface area contributed by atoms with Crippen LogP contribution in [0.15, 0.2) is 79.0 Å². The third kappa shape index (κ3) is 15.9. The predicted octanol–water partition coefficient (Wildman–Crippen LogP) is 8.21. The van der Waals surface area contributed by atoms with Crippen molar-refractivity contribution in [2.75, 3.05) is 51.7 Å². The van der Waals surface area contributed by atoms with Crippen LogP contribution in [0.3, 0.4) is 0 Å². The van der Waals surface area contributed by atoms with Crippen molar-refractivity contribution in [3.05, 3.63) is 101 Å². The largest absolute Gasteiger partial charge is 0.490 e. The Hall–Kier alpha value is -5.33. The molecule has 2 aliphatic rings. The number of nitrogens with one attached hydrogen (secondary N) is 2. The highest BCUT2D eigenvalue weighted by atomic mass is 35.5. The van der Waals surface area contributed by atoms with Crippen molar-refractivity contribution in [2.45, 2.75) is 57.6 Å². The van der Waals surface area contributed by atoms with E-state index in [2.05, 4.69) is 54.5 Å². The molecule has 0 spiro atoms. The Morgan fingerprint density at radius 2 is 1.59 bits per heavy atom. The molecule has 3 atom stereocenters. The van der Waals surface area contributed by atoms with E-state index in [1.54, 1.807) is 4.90 Å². The van der Waals surface area contributed by atoms with E-state index in [9.17, 15) is 35.9 Å². The van der Waals surface area contributed by atoms with Gasteiger partial charge in [-0.2, -0.15) is 26.3 Å². The Bertz CT molecular complexity index is 2000. The number of H-pyrrole nitrogens is 1. The Morgan fingerprint density at radius 3 is 2.18 bits per heavy atom. The van der Waals surface area contributed by atoms with Crippen molar-refractivity contribution in [3.63, 3.8) is 0 Å². The molecule has 3 aromatic carbocycles. The zero-order chi connectivity index (χ0) is 45.3. The maximum Gasteiger partial charge on any atom is 0.490 e. The first kappa shape index (κ1) is 50.0. The second kappa shape index (κ2) is 24.2. The van der Waals surface area contributed by atoms with Gasteiger partial charge in [0.2, 0.25) is 5.91 Å². The number of amides is 2. The van der Waals surface area contributed by atoms with E-state index in [0.717, 1.165) is 59.1 Å². The summed E-state index contributed by atoms with van der Waals surface area (Å²) in [5.74, 6) is -2.12. The SMILES string of the molecule is CC(c1c[nH]c2ccccc12)C(NCC1CCN(C(=O)OCc2ccccc2)CC1)C(=O)N1C[C@@H](CN(C)C)Cc2cc(Cl)ccc21.FC(F)F.O=C(O)C(F)(F)F.O=CO. The zero-order valence-electron chi connectivity index (χ0n) is 33.8. The summed E-state index contributed by atoms with van der Waals surface area (Å²) < 4.78 is 66.3. The van der Waals surface area contributed by atoms with Crippen LogP contribution in [0.25, 0.3) is 10.9 Å². The van der Waals surface area contributed by atoms with Crippen molar-refractivity contribution < 1.29 is 60.5 Å². The number of ether oxygens (including phenoxy) is 1. The van der Waals surface area contributed by atoms with Crippen LogP contribution in [0.1, 0.15) is 42.4 Å². The van der Waals surface area contributed by atoms with Gasteiger partial charge in [0.25, 0.3) is 6.47 Å². The summed E-state index contributed by atoms with van der Waals surface area (Å²) >= 11 is 6.44. The fourth-order valence-corrected chi connectivity index (χ4v) is 7.48. The van der Waals surface area contributed by atoms with E-state index in [-0.39, 0.29) is 31.0 Å². The molecule has 1 aromatic heterocycles. The second-order valence-electron chi connectivity index (χ2n) is 14.6. The van der Waals surface area contributed by atoms with Gasteiger partial charge in [0.15, 0.2) is 0 Å². The minimum atomic E-state index is -5.08. The average Bonchev–Trinajstić information content (AvgIpc) is 3.64. The smallest absolute Gasteiger partial charge is 0.483 e. The zero-order valence-corrected chi connectivity index (χ0v) is 34.5. The molecular weight excluding hydrogens is 836 g/mol. The standard InChI is InChI=1S/C38H46ClN5O3.C2HF3O2.CHF3.CH2O2/c1-26(33-22-40-34-12-8-7-11-32(33)34)36(37(45)44-24-29(23-42(2)3)19-30-20-31(39)13-14-35(30)44)41-21-27-15-17-43(18-16-27)38(46)47-25-28-9-5-4-6-10-28;3-2(4,5)1(6)7;2-1(3)4;2-1-3/h4-14,20,22,26-27,29,36,40-41H,15-19,21,23-25H2,1-3H3;(H,6,7);1H;1H,(H,2,3)/t26?,29-,36?;;;/m1.../s1. The molecule has 2 unspecified atom stereocenters. The third-order valence-corrected chi connectivity index (χ3v) is 10.2. The second-order valence-corrected chi connectivity index (χ2v) is 15.1. The van der Waals surface area contributed by atoms with E-state index in [4.69, 9.17) is 36.1 Å². The molecule has 0 saturated carbocycles. The molecule has 4 N–H and O–H groups in total. The van der Waals surface area contributed by atoms with E-state index in [1.807, 2.05) is 65.6 Å². The predicted molar refractivity (Wildman–Crippen MR) is 218 cm³/mol. The lowest BCUT2D eigenvalue weighted by molar-refractivity contribution is -0.192. The number of carbonyl (C=O) groups is 4. The highest BCUT2D eigenvalue weighted by Crippen LogP contribution is 2.35. The molecule has 3 heterocycles. The highest BCUT2D eigenvalue weighted by molar-refractivity contribution is 6.30. The molecule has 334 valence electrons. The Balaban J connectivity index is 0.000000616. The van der Waals surface area contributed by atoms with Crippen molar-refractivity contribution in [2.24, 2.45) is 11.8 Å². The number of hydrogen-bond acceptors (Lipinski definition) is 7. The quantitative estimate of drug-likeness (QED) is 0.0911. The fourth-order valence-electron chi connectivity index (χ4n) is 7.28. The Labute approximate surface area is 354 Å². The van der Waals surface area contributed by atoms with Crippen LogP contribution >= 0.6 is 11.6 Å². The monoisotopic (exact) mass is 885 g/mol. The summed E-state index contributed by atoms with van der Waals surface area (Å²) in [5.41, 5.74) is 5.24. The third-order valence-electron chi connectivity index (χ3n) is 10.00. The lowest BCUT2D eigenvalue weighted by atomic mass is 9.88. The van der Waals surface area contributed by atoms with E-state index in [1.165, 1.54) is 0 Å². The maximum absolute atomic E-state index is 14.8. The molecule has 4 aromatic rings. The maximum atomic E-state index is 14.8. The number of alkyl halides is 6. The van der Waals surface area contributed by atoms with Gasteiger partial charge in [-0.15, -0.1) is 0 Å². The summed E-state index contributed by atoms with van der Waals surface area (Å²) in [5, 5.41) is 19.6. The minimum Gasteiger partial charge on any atom is -0.483 e. The molecule has 6 rings (SSSR count). The van der Waals surface area contributed by atoms with E-state index in [0.29, 0.717) is 43.0 Å². The number of aliphatic carboxylic acids is 1. The van der Waals surface area contributed by atoms with Gasteiger partial charge in [0, 0.05) is 59.9 Å². The minimum absolute atomic E-state index is 0.0803. The first-order valence-corrected chi connectivity index (χ1v) is 19.5. The van der Waals surface area contributed by atoms with Gasteiger partial charge >= 0.3 is 24.9 Å². The number of halogens is 7. The van der Waals surface area contributed by atoms with Crippen LogP contribution in [0.2, 0.25) is 5.02 Å². The van der Waals surface area contributed by atoms with Gasteiger partial charge < -0.3 is 40.0 Å². The molecule has 61 heavy (non-hydrogen) atoms. The molecule has 1 saturated heterocycles. The number of rotatable bonds is 10. The van der Waals surface area contributed by atoms with Gasteiger partial charge in [-0.05, 0) is 92.7 Å². The van der Waals surface area contributed by atoms with Gasteiger partial charge in [-0.25, -0.2) is 9.59 Å². The number of benzene rings is 3. The number of aromatic nitrogens is 1. The first-order chi connectivity index (χ1) is 28.9. The molecular formula is C42H50ClF6N5O7. The van der Waals surface area contributed by atoms with Crippen LogP contribution in [0, 0.1) is 11.8 Å². The average molecular weight is 886 g/mol. The lowest BCUT2D eigenvalue weighted by Crippen LogP contribution is -2.54. The van der Waals surface area contributed by atoms with Gasteiger partial charge in [-0.1, -0.05) is 67.1 Å². The fraction of sp³-hybridized carbons (Fsp3) is 0.429. The Kier molecular flexibility index (Phi) is 19.8. The molecule has 0 bridgehead atoms. The highest BCUT2D eigenvalue weighted by Gasteiger charge is 2.39. The van der Waals surface area contributed by atoms with E-state index < -0.39 is 24.9 Å². The summed E-state index contributed by atoms with van der Waals surface area (Å²) in [4.78, 5) is 54.2. The summed E-state index contributed by atoms with van der Waals surface area (Å²) in [6.07, 6.45) is -0.703. The molecule has 0 radical (unpaired) electrons. The van der Waals surface area contributed by atoms with Crippen LogP contribution < -0.4 is 10.2 Å². The van der Waals surface area contributed by atoms with Crippen molar-refractivity contribution >= 4 is 52.6 Å². The number of aromatic amines is 1. The summed E-state index contributed by atoms with van der Waals surface area (Å²) in [6.45, 7) is 2.04. The number of carbonyl (C=O) groups excluding carboxylic acids is 2. The molecule has 2 aliphatic heterocycles. The van der Waals surface area contributed by atoms with Crippen LogP contribution in [0.5, 0.6) is 0 Å². The first-order valence-electron chi connectivity index (χ1n) is 19.2. The van der Waals surface area contributed by atoms with Crippen LogP contribution in [0.4, 0.5) is 36.8 Å². The number of anilines is 1. The number of carboxylic acids is 1. The molecule has 0 aliphatic carbocycles. The molecule has 2 amide bonds. The van der Waals surface area contributed by atoms with Gasteiger partial charge in [-0.3, -0.25) is 9.59 Å². The van der Waals surface area contributed by atoms with Crippen molar-refractivity contribution in [1.82, 2.24) is 20.1 Å². The van der Waals surface area contributed by atoms with Crippen molar-refractivity contribution in [1.29, 1.82) is 0 Å². The normalized spacial score (nSPS) is 16.2. The molecule has 1 fully saturated rings. The van der Waals surface area contributed by atoms with Crippen LogP contribution in [-0.2, 0) is 32.1 Å². The molecule has 12 nitrogen and oxygen atoms in total. The van der Waals surface area contributed by atoms with Gasteiger partial charge in [0.1, 0.15) is 6.61 Å². The summed E-state index contributed by atoms with van der Waals surface area (Å²) in [6, 6.07) is 23.5. The van der Waals surface area contributed by atoms with Crippen molar-refractivity contribution in [3.8, 4) is 0 Å². The number of hydrogen-bond donors (Lipinski definition) is 4. The van der Waals surface area contributed by atoms with E-state index >= 15 is 0 Å². The topological polar surface area (TPSA) is 156 Å². The number of para-hydroxylation sites is 1. The Morgan fingerprint density at radius 1 is 1.00 bits per heavy atom. The van der Waals surface area contributed by atoms with Crippen LogP contribution in [-0.4, -0.2) is 115 Å². The number of nitrogens with zero attached hydrogens (tertiary/aromatic N) is 3. The number of likely N-dealkylation sites (tertiary alicyclic amines) is 1. The summed E-state index contributed by atoms with van der Waals surface area (Å²) in [7, 11) is 4.16. The van der Waals surface area contributed by atoms with Gasteiger partial charge in [0.05, 0.1) is 6.04 Å². The lowest BCUT2D eigenvalue weighted by Gasteiger charge is -2.39. The number of fused-ring (bicyclic) bond motifs is 2. The number of carboxylic acid groups (broad SMARTS) is 2. The number of piperidine rings is 1.